The Kier molecular flexibility index (Phi) is 4.13. The van der Waals surface area contributed by atoms with E-state index in [4.69, 9.17) is 4.42 Å². The van der Waals surface area contributed by atoms with E-state index in [-0.39, 0.29) is 5.82 Å². The molecule has 0 aliphatic carbocycles. The molecule has 6 heteroatoms. The van der Waals surface area contributed by atoms with E-state index in [0.717, 1.165) is 25.1 Å². The van der Waals surface area contributed by atoms with E-state index < -0.39 is 0 Å². The molecular weight excluding hydrogens is 307 g/mol. The van der Waals surface area contributed by atoms with Crippen LogP contribution in [0.15, 0.2) is 53.3 Å². The van der Waals surface area contributed by atoms with Crippen molar-refractivity contribution in [3.05, 3.63) is 60.6 Å². The summed E-state index contributed by atoms with van der Waals surface area (Å²) in [6, 6.07) is 8.66. The van der Waals surface area contributed by atoms with Crippen molar-refractivity contribution in [2.24, 2.45) is 0 Å². The molecule has 0 saturated carbocycles. The average Bonchev–Trinajstić information content (AvgIpc) is 3.32. The van der Waals surface area contributed by atoms with Crippen molar-refractivity contribution in [3.63, 3.8) is 0 Å². The summed E-state index contributed by atoms with van der Waals surface area (Å²) >= 11 is 0. The van der Waals surface area contributed by atoms with Gasteiger partial charge in [0.2, 0.25) is 5.89 Å². The van der Waals surface area contributed by atoms with Gasteiger partial charge < -0.3 is 4.42 Å². The van der Waals surface area contributed by atoms with Crippen LogP contribution in [-0.4, -0.2) is 32.3 Å². The number of oxazole rings is 1. The molecule has 0 N–H and O–H groups in total. The van der Waals surface area contributed by atoms with E-state index in [1.165, 1.54) is 18.6 Å². The largest absolute Gasteiger partial charge is 0.439 e. The third-order valence-electron chi connectivity index (χ3n) is 4.48. The van der Waals surface area contributed by atoms with Gasteiger partial charge in [0.25, 0.3) is 0 Å². The highest BCUT2D eigenvalue weighted by Gasteiger charge is 2.26. The molecule has 1 atom stereocenters. The Morgan fingerprint density at radius 1 is 1.25 bits per heavy atom. The lowest BCUT2D eigenvalue weighted by atomic mass is 10.2. The Bertz CT molecular complexity index is 782. The van der Waals surface area contributed by atoms with E-state index in [0.29, 0.717) is 24.2 Å². The average molecular weight is 326 g/mol. The van der Waals surface area contributed by atoms with Gasteiger partial charge in [0.1, 0.15) is 5.82 Å². The molecule has 1 aliphatic rings. The van der Waals surface area contributed by atoms with Crippen molar-refractivity contribution in [1.29, 1.82) is 0 Å². The number of nitrogens with zero attached hydrogens (tertiary/aromatic N) is 4. The smallest absolute Gasteiger partial charge is 0.209 e. The van der Waals surface area contributed by atoms with E-state index in [9.17, 15) is 4.39 Å². The van der Waals surface area contributed by atoms with E-state index in [2.05, 4.69) is 15.0 Å². The molecule has 124 valence electrons. The van der Waals surface area contributed by atoms with E-state index >= 15 is 0 Å². The number of aromatic nitrogens is 3. The van der Waals surface area contributed by atoms with Crippen molar-refractivity contribution in [3.8, 4) is 11.3 Å². The van der Waals surface area contributed by atoms with Crippen LogP contribution >= 0.6 is 0 Å². The molecule has 0 spiro atoms. The minimum Gasteiger partial charge on any atom is -0.439 e. The Morgan fingerprint density at radius 2 is 2.12 bits per heavy atom. The van der Waals surface area contributed by atoms with Crippen molar-refractivity contribution in [1.82, 2.24) is 19.7 Å². The highest BCUT2D eigenvalue weighted by molar-refractivity contribution is 5.55. The molecule has 0 amide bonds. The second kappa shape index (κ2) is 6.57. The summed E-state index contributed by atoms with van der Waals surface area (Å²) in [5.74, 6) is 1.12. The molecule has 1 aliphatic heterocycles. The SMILES string of the molecule is Fc1ccc(-c2cnc(CN3CCC[C@@H]3Cn3cccn3)o2)cc1. The number of benzene rings is 1. The number of halogens is 1. The van der Waals surface area contributed by atoms with Crippen LogP contribution in [0.3, 0.4) is 0 Å². The number of hydrogen-bond donors (Lipinski definition) is 0. The standard InChI is InChI=1S/C18H19FN4O/c19-15-6-4-14(5-7-15)17-11-20-18(24-17)13-22-9-1-3-16(22)12-23-10-2-8-21-23/h2,4-8,10-11,16H,1,3,9,12-13H2/t16-/m1/s1. The second-order valence-electron chi connectivity index (χ2n) is 6.12. The third-order valence-corrected chi connectivity index (χ3v) is 4.48. The Balaban J connectivity index is 1.44. The fourth-order valence-corrected chi connectivity index (χ4v) is 3.24. The fraction of sp³-hybridized carbons (Fsp3) is 0.333. The number of hydrogen-bond acceptors (Lipinski definition) is 4. The second-order valence-corrected chi connectivity index (χ2v) is 6.12. The predicted octanol–water partition coefficient (Wildman–Crippen LogP) is 3.34. The minimum atomic E-state index is -0.253. The lowest BCUT2D eigenvalue weighted by Crippen LogP contribution is -2.32. The summed E-state index contributed by atoms with van der Waals surface area (Å²) in [7, 11) is 0. The maximum atomic E-state index is 13.0. The van der Waals surface area contributed by atoms with Gasteiger partial charge in [-0.25, -0.2) is 9.37 Å². The molecule has 24 heavy (non-hydrogen) atoms. The number of likely N-dealkylation sites (tertiary alicyclic amines) is 1. The summed E-state index contributed by atoms with van der Waals surface area (Å²) < 4.78 is 20.8. The molecule has 1 saturated heterocycles. The van der Waals surface area contributed by atoms with Gasteiger partial charge in [-0.05, 0) is 49.7 Å². The van der Waals surface area contributed by atoms with Crippen LogP contribution in [0, 0.1) is 5.82 Å². The van der Waals surface area contributed by atoms with Crippen LogP contribution in [0.5, 0.6) is 0 Å². The highest BCUT2D eigenvalue weighted by Crippen LogP contribution is 2.24. The molecule has 1 fully saturated rings. The van der Waals surface area contributed by atoms with Crippen LogP contribution in [-0.2, 0) is 13.1 Å². The van der Waals surface area contributed by atoms with Crippen LogP contribution in [0.2, 0.25) is 0 Å². The van der Waals surface area contributed by atoms with E-state index in [1.54, 1.807) is 18.3 Å². The molecular formula is C18H19FN4O. The maximum Gasteiger partial charge on any atom is 0.209 e. The zero-order valence-electron chi connectivity index (χ0n) is 13.3. The van der Waals surface area contributed by atoms with Gasteiger partial charge in [0.15, 0.2) is 5.76 Å². The lowest BCUT2D eigenvalue weighted by Gasteiger charge is -2.22. The van der Waals surface area contributed by atoms with Crippen molar-refractivity contribution >= 4 is 0 Å². The summed E-state index contributed by atoms with van der Waals surface area (Å²) in [5.41, 5.74) is 0.838. The summed E-state index contributed by atoms with van der Waals surface area (Å²) in [4.78, 5) is 6.78. The Hall–Kier alpha value is -2.47. The topological polar surface area (TPSA) is 47.1 Å². The third kappa shape index (κ3) is 3.23. The zero-order chi connectivity index (χ0) is 16.4. The van der Waals surface area contributed by atoms with Gasteiger partial charge in [-0.3, -0.25) is 9.58 Å². The van der Waals surface area contributed by atoms with Gasteiger partial charge in [0, 0.05) is 24.0 Å². The number of rotatable bonds is 5. The normalized spacial score (nSPS) is 18.3. The molecule has 0 unspecified atom stereocenters. The lowest BCUT2D eigenvalue weighted by molar-refractivity contribution is 0.200. The van der Waals surface area contributed by atoms with Crippen molar-refractivity contribution < 1.29 is 8.81 Å². The van der Waals surface area contributed by atoms with Crippen LogP contribution in [0.4, 0.5) is 4.39 Å². The van der Waals surface area contributed by atoms with Gasteiger partial charge >= 0.3 is 0 Å². The van der Waals surface area contributed by atoms with Gasteiger partial charge in [-0.1, -0.05) is 0 Å². The van der Waals surface area contributed by atoms with Crippen LogP contribution < -0.4 is 0 Å². The monoisotopic (exact) mass is 326 g/mol. The van der Waals surface area contributed by atoms with Gasteiger partial charge in [-0.15, -0.1) is 0 Å². The first-order chi connectivity index (χ1) is 11.8. The Morgan fingerprint density at radius 3 is 2.92 bits per heavy atom. The summed E-state index contributed by atoms with van der Waals surface area (Å²) in [5, 5.41) is 4.29. The minimum absolute atomic E-state index is 0.253. The van der Waals surface area contributed by atoms with Crippen LogP contribution in [0.1, 0.15) is 18.7 Å². The molecule has 0 bridgehead atoms. The molecule has 5 nitrogen and oxygen atoms in total. The quantitative estimate of drug-likeness (QED) is 0.721. The summed E-state index contributed by atoms with van der Waals surface area (Å²) in [6.45, 7) is 2.62. The Labute approximate surface area is 139 Å². The molecule has 1 aromatic carbocycles. The zero-order valence-corrected chi connectivity index (χ0v) is 13.3. The molecule has 4 rings (SSSR count). The predicted molar refractivity (Wildman–Crippen MR) is 87.6 cm³/mol. The first kappa shape index (κ1) is 15.1. The molecule has 3 aromatic rings. The van der Waals surface area contributed by atoms with E-state index in [1.807, 2.05) is 23.1 Å². The molecule has 2 aromatic heterocycles. The van der Waals surface area contributed by atoms with Crippen molar-refractivity contribution in [2.75, 3.05) is 6.54 Å². The fourth-order valence-electron chi connectivity index (χ4n) is 3.24. The van der Waals surface area contributed by atoms with Crippen molar-refractivity contribution in [2.45, 2.75) is 32.0 Å². The summed E-state index contributed by atoms with van der Waals surface area (Å²) in [6.07, 6.45) is 7.85. The molecule has 3 heterocycles. The first-order valence-electron chi connectivity index (χ1n) is 8.20. The van der Waals surface area contributed by atoms with Gasteiger partial charge in [0.05, 0.1) is 19.3 Å². The molecule has 0 radical (unpaired) electrons. The maximum absolute atomic E-state index is 13.0. The van der Waals surface area contributed by atoms with Gasteiger partial charge in [-0.2, -0.15) is 5.10 Å². The highest BCUT2D eigenvalue weighted by atomic mass is 19.1. The van der Waals surface area contributed by atoms with Crippen LogP contribution in [0.25, 0.3) is 11.3 Å². The first-order valence-corrected chi connectivity index (χ1v) is 8.20.